The molecule has 0 aliphatic heterocycles. The van der Waals surface area contributed by atoms with Gasteiger partial charge in [-0.15, -0.1) is 0 Å². The summed E-state index contributed by atoms with van der Waals surface area (Å²) in [5.74, 6) is 0.198. The van der Waals surface area contributed by atoms with Gasteiger partial charge in [-0.2, -0.15) is 0 Å². The van der Waals surface area contributed by atoms with Crippen LogP contribution in [0.1, 0.15) is 27.2 Å². The van der Waals surface area contributed by atoms with Crippen molar-refractivity contribution in [2.24, 2.45) is 11.7 Å². The Balaban J connectivity index is 2.90. The molecule has 0 fully saturated rings. The van der Waals surface area contributed by atoms with Crippen molar-refractivity contribution >= 4 is 17.3 Å². The summed E-state index contributed by atoms with van der Waals surface area (Å²) < 4.78 is 13.2. The highest BCUT2D eigenvalue weighted by Crippen LogP contribution is 2.28. The zero-order valence-corrected chi connectivity index (χ0v) is 11.3. The number of benzene rings is 1. The molecule has 0 radical (unpaired) electrons. The lowest BCUT2D eigenvalue weighted by molar-refractivity contribution is 0.407. The Morgan fingerprint density at radius 2 is 2.12 bits per heavy atom. The van der Waals surface area contributed by atoms with Crippen LogP contribution in [0.3, 0.4) is 0 Å². The van der Waals surface area contributed by atoms with Crippen molar-refractivity contribution in [1.82, 2.24) is 0 Å². The number of rotatable bonds is 5. The van der Waals surface area contributed by atoms with Crippen molar-refractivity contribution in [2.45, 2.75) is 32.7 Å². The molecular weight excluding hydrogens is 239 g/mol. The minimum absolute atomic E-state index is 0.272. The van der Waals surface area contributed by atoms with Crippen molar-refractivity contribution in [1.29, 1.82) is 0 Å². The van der Waals surface area contributed by atoms with Crippen LogP contribution in [-0.2, 0) is 0 Å². The molecule has 0 bridgehead atoms. The molecule has 0 saturated heterocycles. The van der Waals surface area contributed by atoms with E-state index >= 15 is 0 Å². The molecule has 1 aromatic rings. The SMILES string of the molecule is CC(C)CC(C)(CN)Nc1cc(F)ccc1Cl. The molecule has 0 saturated carbocycles. The molecule has 0 aromatic heterocycles. The quantitative estimate of drug-likeness (QED) is 0.846. The molecule has 0 spiro atoms. The van der Waals surface area contributed by atoms with Gasteiger partial charge in [0, 0.05) is 12.1 Å². The summed E-state index contributed by atoms with van der Waals surface area (Å²) in [5.41, 5.74) is 6.12. The largest absolute Gasteiger partial charge is 0.377 e. The topological polar surface area (TPSA) is 38.0 Å². The van der Waals surface area contributed by atoms with Crippen molar-refractivity contribution in [3.05, 3.63) is 29.0 Å². The first kappa shape index (κ1) is 14.3. The Morgan fingerprint density at radius 3 is 2.65 bits per heavy atom. The molecule has 3 N–H and O–H groups in total. The van der Waals surface area contributed by atoms with Crippen molar-refractivity contribution < 1.29 is 4.39 Å². The predicted octanol–water partition coefficient (Wildman–Crippen LogP) is 3.65. The smallest absolute Gasteiger partial charge is 0.125 e. The van der Waals surface area contributed by atoms with Crippen LogP contribution in [0.15, 0.2) is 18.2 Å². The Morgan fingerprint density at radius 1 is 1.47 bits per heavy atom. The third-order valence-electron chi connectivity index (χ3n) is 2.67. The van der Waals surface area contributed by atoms with Crippen molar-refractivity contribution in [2.75, 3.05) is 11.9 Å². The third kappa shape index (κ3) is 4.17. The maximum absolute atomic E-state index is 13.2. The lowest BCUT2D eigenvalue weighted by Gasteiger charge is -2.32. The van der Waals surface area contributed by atoms with E-state index in [1.54, 1.807) is 6.07 Å². The van der Waals surface area contributed by atoms with Gasteiger partial charge >= 0.3 is 0 Å². The van der Waals surface area contributed by atoms with Crippen LogP contribution in [0, 0.1) is 11.7 Å². The van der Waals surface area contributed by atoms with Crippen LogP contribution < -0.4 is 11.1 Å². The first-order valence-electron chi connectivity index (χ1n) is 5.79. The van der Waals surface area contributed by atoms with Crippen LogP contribution in [0.4, 0.5) is 10.1 Å². The van der Waals surface area contributed by atoms with Gasteiger partial charge in [-0.05, 0) is 37.5 Å². The first-order valence-corrected chi connectivity index (χ1v) is 6.17. The van der Waals surface area contributed by atoms with Crippen molar-refractivity contribution in [3.8, 4) is 0 Å². The molecular formula is C13H20ClFN2. The molecule has 0 heterocycles. The van der Waals surface area contributed by atoms with E-state index in [4.69, 9.17) is 17.3 Å². The fourth-order valence-electron chi connectivity index (χ4n) is 2.00. The number of nitrogens with one attached hydrogen (secondary N) is 1. The summed E-state index contributed by atoms with van der Waals surface area (Å²) in [6.07, 6.45) is 0.899. The molecule has 0 aliphatic carbocycles. The molecule has 0 amide bonds. The molecule has 2 nitrogen and oxygen atoms in total. The number of hydrogen-bond donors (Lipinski definition) is 2. The second-order valence-electron chi connectivity index (χ2n) is 5.11. The standard InChI is InChI=1S/C13H20ClFN2/c1-9(2)7-13(3,8-16)17-12-6-10(15)4-5-11(12)14/h4-6,9,17H,7-8,16H2,1-3H3. The molecule has 4 heteroatoms. The van der Waals surface area contributed by atoms with Gasteiger partial charge in [0.2, 0.25) is 0 Å². The van der Waals surface area contributed by atoms with Gasteiger partial charge in [-0.1, -0.05) is 25.4 Å². The molecule has 1 atom stereocenters. The van der Waals surface area contributed by atoms with Crippen LogP contribution in [0.2, 0.25) is 5.02 Å². The maximum atomic E-state index is 13.2. The van der Waals surface area contributed by atoms with E-state index in [2.05, 4.69) is 19.2 Å². The van der Waals surface area contributed by atoms with Gasteiger partial charge in [-0.25, -0.2) is 4.39 Å². The summed E-state index contributed by atoms with van der Waals surface area (Å²) in [4.78, 5) is 0. The minimum Gasteiger partial charge on any atom is -0.377 e. The van der Waals surface area contributed by atoms with E-state index in [0.29, 0.717) is 23.2 Å². The van der Waals surface area contributed by atoms with Gasteiger partial charge in [0.15, 0.2) is 0 Å². The highest BCUT2D eigenvalue weighted by atomic mass is 35.5. The molecule has 1 aromatic carbocycles. The number of hydrogen-bond acceptors (Lipinski definition) is 2. The van der Waals surface area contributed by atoms with Crippen molar-refractivity contribution in [3.63, 3.8) is 0 Å². The summed E-state index contributed by atoms with van der Waals surface area (Å²) in [6, 6.07) is 4.29. The number of halogens is 2. The normalized spacial score (nSPS) is 14.8. The zero-order valence-electron chi connectivity index (χ0n) is 10.6. The maximum Gasteiger partial charge on any atom is 0.125 e. The van der Waals surface area contributed by atoms with Crippen LogP contribution >= 0.6 is 11.6 Å². The van der Waals surface area contributed by atoms with E-state index < -0.39 is 0 Å². The Kier molecular flexibility index (Phi) is 4.78. The molecule has 1 rings (SSSR count). The Bertz CT molecular complexity index is 382. The molecule has 0 aliphatic rings. The molecule has 96 valence electrons. The van der Waals surface area contributed by atoms with E-state index in [9.17, 15) is 4.39 Å². The Labute approximate surface area is 107 Å². The average molecular weight is 259 g/mol. The Hall–Kier alpha value is -0.800. The molecule has 1 unspecified atom stereocenters. The monoisotopic (exact) mass is 258 g/mol. The van der Waals surface area contributed by atoms with Crippen LogP contribution in [0.5, 0.6) is 0 Å². The summed E-state index contributed by atoms with van der Waals surface area (Å²) in [6.45, 7) is 6.75. The zero-order chi connectivity index (χ0) is 13.1. The molecule has 17 heavy (non-hydrogen) atoms. The lowest BCUT2D eigenvalue weighted by atomic mass is 9.90. The average Bonchev–Trinajstić information content (AvgIpc) is 2.22. The summed E-state index contributed by atoms with van der Waals surface area (Å²) >= 11 is 6.03. The summed E-state index contributed by atoms with van der Waals surface area (Å²) in [5, 5.41) is 3.76. The van der Waals surface area contributed by atoms with E-state index in [0.717, 1.165) is 6.42 Å². The van der Waals surface area contributed by atoms with E-state index in [1.165, 1.54) is 12.1 Å². The fraction of sp³-hybridized carbons (Fsp3) is 0.538. The predicted molar refractivity (Wildman–Crippen MR) is 71.9 cm³/mol. The van der Waals surface area contributed by atoms with Gasteiger partial charge in [-0.3, -0.25) is 0 Å². The minimum atomic E-state index is -0.305. The fourth-order valence-corrected chi connectivity index (χ4v) is 2.17. The first-order chi connectivity index (χ1) is 7.86. The van der Waals surface area contributed by atoms with Gasteiger partial charge in [0.25, 0.3) is 0 Å². The summed E-state index contributed by atoms with van der Waals surface area (Å²) in [7, 11) is 0. The number of nitrogens with two attached hydrogens (primary N) is 1. The van der Waals surface area contributed by atoms with E-state index in [-0.39, 0.29) is 11.4 Å². The van der Waals surface area contributed by atoms with Gasteiger partial charge < -0.3 is 11.1 Å². The van der Waals surface area contributed by atoms with Crippen LogP contribution in [0.25, 0.3) is 0 Å². The third-order valence-corrected chi connectivity index (χ3v) is 3.00. The highest BCUT2D eigenvalue weighted by molar-refractivity contribution is 6.33. The van der Waals surface area contributed by atoms with E-state index in [1.807, 2.05) is 6.92 Å². The lowest BCUT2D eigenvalue weighted by Crippen LogP contribution is -2.43. The second-order valence-corrected chi connectivity index (χ2v) is 5.52. The van der Waals surface area contributed by atoms with Gasteiger partial charge in [0.1, 0.15) is 5.82 Å². The van der Waals surface area contributed by atoms with Gasteiger partial charge in [0.05, 0.1) is 10.7 Å². The highest BCUT2D eigenvalue weighted by Gasteiger charge is 2.24. The van der Waals surface area contributed by atoms with Crippen LogP contribution in [-0.4, -0.2) is 12.1 Å². The second kappa shape index (κ2) is 5.69. The number of anilines is 1.